The van der Waals surface area contributed by atoms with Crippen LogP contribution in [0.25, 0.3) is 5.70 Å². The lowest BCUT2D eigenvalue weighted by molar-refractivity contribution is -0.138. The summed E-state index contributed by atoms with van der Waals surface area (Å²) in [5, 5.41) is 3.32. The number of hydrogen-bond donors (Lipinski definition) is 1. The maximum absolute atomic E-state index is 13.5. The Kier molecular flexibility index (Phi) is 6.75. The van der Waals surface area contributed by atoms with Gasteiger partial charge in [0.2, 0.25) is 0 Å². The Balaban J connectivity index is 1.91. The molecule has 164 valence electrons. The second-order valence-corrected chi connectivity index (χ2v) is 9.72. The topological polar surface area (TPSA) is 64.6 Å². The van der Waals surface area contributed by atoms with Gasteiger partial charge in [-0.2, -0.15) is 0 Å². The van der Waals surface area contributed by atoms with Crippen molar-refractivity contribution in [1.82, 2.24) is 5.32 Å². The predicted molar refractivity (Wildman–Crippen MR) is 140 cm³/mol. The third-order valence-corrected chi connectivity index (χ3v) is 7.05. The number of ketones is 1. The van der Waals surface area contributed by atoms with E-state index in [1.54, 1.807) is 13.0 Å². The van der Waals surface area contributed by atoms with E-state index in [1.807, 2.05) is 43.3 Å². The quantitative estimate of drug-likeness (QED) is 0.250. The molecule has 0 spiro atoms. The molecule has 0 amide bonds. The number of esters is 1. The van der Waals surface area contributed by atoms with Gasteiger partial charge < -0.3 is 14.8 Å². The molecule has 0 unspecified atom stereocenters. The van der Waals surface area contributed by atoms with Crippen LogP contribution in [0.4, 0.5) is 0 Å². The van der Waals surface area contributed by atoms with Gasteiger partial charge in [0.1, 0.15) is 12.4 Å². The number of dihydropyridines is 1. The van der Waals surface area contributed by atoms with E-state index in [0.717, 1.165) is 29.7 Å². The standard InChI is InChI=1S/C25H21I2NO4/c1-4-10-32-24-17(26)11-14(12-18(24)27)20-19(25(30)31-5-2)13(3)28-22-15-8-6-7-9-16(15)23(29)21(20)22/h4,6-9,11-12,20,28H,1,5,10H2,2-3H3/t20-/m0/s1. The van der Waals surface area contributed by atoms with Crippen LogP contribution in [0.1, 0.15) is 41.3 Å². The Morgan fingerprint density at radius 3 is 2.47 bits per heavy atom. The average Bonchev–Trinajstić information content (AvgIpc) is 3.04. The van der Waals surface area contributed by atoms with Crippen LogP contribution in [0, 0.1) is 7.14 Å². The van der Waals surface area contributed by atoms with Crippen molar-refractivity contribution in [2.24, 2.45) is 0 Å². The van der Waals surface area contributed by atoms with Gasteiger partial charge in [-0.3, -0.25) is 4.79 Å². The van der Waals surface area contributed by atoms with E-state index >= 15 is 0 Å². The van der Waals surface area contributed by atoms with Crippen molar-refractivity contribution in [2.45, 2.75) is 19.8 Å². The van der Waals surface area contributed by atoms with Gasteiger partial charge in [0.15, 0.2) is 5.78 Å². The fourth-order valence-corrected chi connectivity index (χ4v) is 6.30. The number of hydrogen-bond acceptors (Lipinski definition) is 5. The first kappa shape index (κ1) is 23.0. The Bertz CT molecular complexity index is 1190. The number of fused-ring (bicyclic) bond motifs is 2. The first-order valence-corrected chi connectivity index (χ1v) is 12.3. The van der Waals surface area contributed by atoms with E-state index in [2.05, 4.69) is 57.1 Å². The first-order valence-electron chi connectivity index (χ1n) is 10.1. The normalized spacial score (nSPS) is 17.0. The van der Waals surface area contributed by atoms with Crippen LogP contribution in [0.5, 0.6) is 5.75 Å². The van der Waals surface area contributed by atoms with E-state index in [-0.39, 0.29) is 12.4 Å². The molecule has 0 aromatic heterocycles. The number of carbonyl (C=O) groups is 2. The largest absolute Gasteiger partial charge is 0.487 e. The number of benzene rings is 2. The fourth-order valence-electron chi connectivity index (χ4n) is 4.17. The van der Waals surface area contributed by atoms with Crippen LogP contribution in [-0.4, -0.2) is 25.0 Å². The van der Waals surface area contributed by atoms with Crippen molar-refractivity contribution in [3.8, 4) is 5.75 Å². The minimum Gasteiger partial charge on any atom is -0.487 e. The third kappa shape index (κ3) is 3.89. The predicted octanol–water partition coefficient (Wildman–Crippen LogP) is 5.59. The number of halogens is 2. The minimum absolute atomic E-state index is 0.0700. The number of rotatable bonds is 6. The highest BCUT2D eigenvalue weighted by Gasteiger charge is 2.43. The Labute approximate surface area is 214 Å². The molecular formula is C25H21I2NO4. The summed E-state index contributed by atoms with van der Waals surface area (Å²) in [6, 6.07) is 11.5. The molecule has 0 fully saturated rings. The summed E-state index contributed by atoms with van der Waals surface area (Å²) in [7, 11) is 0. The lowest BCUT2D eigenvalue weighted by Gasteiger charge is -2.29. The van der Waals surface area contributed by atoms with Crippen LogP contribution in [-0.2, 0) is 9.53 Å². The molecule has 1 N–H and O–H groups in total. The van der Waals surface area contributed by atoms with Gasteiger partial charge in [0.25, 0.3) is 0 Å². The van der Waals surface area contributed by atoms with Crippen LogP contribution < -0.4 is 10.1 Å². The number of nitrogens with one attached hydrogen (secondary N) is 1. The molecule has 0 bridgehead atoms. The summed E-state index contributed by atoms with van der Waals surface area (Å²) in [5.41, 5.74) is 4.83. The zero-order chi connectivity index (χ0) is 23.0. The van der Waals surface area contributed by atoms with Gasteiger partial charge in [-0.15, -0.1) is 0 Å². The molecule has 2 aromatic carbocycles. The molecule has 4 rings (SSSR count). The van der Waals surface area contributed by atoms with Gasteiger partial charge in [-0.25, -0.2) is 4.79 Å². The van der Waals surface area contributed by atoms with E-state index in [0.29, 0.717) is 29.0 Å². The van der Waals surface area contributed by atoms with Gasteiger partial charge >= 0.3 is 5.97 Å². The molecule has 2 aromatic rings. The summed E-state index contributed by atoms with van der Waals surface area (Å²) in [6.07, 6.45) is 1.70. The SMILES string of the molecule is C=CCOc1c(I)cc([C@H]2C(C(=O)OCC)=C(C)NC3=C2C(=O)c2ccccc23)cc1I. The lowest BCUT2D eigenvalue weighted by atomic mass is 9.80. The van der Waals surface area contributed by atoms with Crippen molar-refractivity contribution in [3.63, 3.8) is 0 Å². The molecule has 0 saturated carbocycles. The maximum Gasteiger partial charge on any atom is 0.336 e. The summed E-state index contributed by atoms with van der Waals surface area (Å²) >= 11 is 4.45. The summed E-state index contributed by atoms with van der Waals surface area (Å²) in [6.45, 7) is 7.99. The minimum atomic E-state index is -0.541. The summed E-state index contributed by atoms with van der Waals surface area (Å²) in [4.78, 5) is 26.6. The number of ether oxygens (including phenoxy) is 2. The smallest absolute Gasteiger partial charge is 0.336 e. The van der Waals surface area contributed by atoms with Crippen molar-refractivity contribution in [3.05, 3.63) is 89.7 Å². The second kappa shape index (κ2) is 9.38. The second-order valence-electron chi connectivity index (χ2n) is 7.39. The Morgan fingerprint density at radius 2 is 1.84 bits per heavy atom. The van der Waals surface area contributed by atoms with E-state index in [1.165, 1.54) is 0 Å². The van der Waals surface area contributed by atoms with Crippen LogP contribution in [0.2, 0.25) is 0 Å². The van der Waals surface area contributed by atoms with Crippen molar-refractivity contribution in [1.29, 1.82) is 0 Å². The number of allylic oxidation sites excluding steroid dienone is 2. The lowest BCUT2D eigenvalue weighted by Crippen LogP contribution is -2.29. The zero-order valence-corrected chi connectivity index (χ0v) is 21.9. The van der Waals surface area contributed by atoms with Crippen LogP contribution in [0.3, 0.4) is 0 Å². The zero-order valence-electron chi connectivity index (χ0n) is 17.6. The molecule has 1 aliphatic heterocycles. The van der Waals surface area contributed by atoms with Crippen LogP contribution >= 0.6 is 45.2 Å². The molecule has 2 aliphatic rings. The van der Waals surface area contributed by atoms with Gasteiger partial charge in [-0.1, -0.05) is 36.9 Å². The molecule has 1 aliphatic carbocycles. The van der Waals surface area contributed by atoms with E-state index in [9.17, 15) is 9.59 Å². The Hall–Kier alpha value is -2.14. The molecule has 1 heterocycles. The van der Waals surface area contributed by atoms with Gasteiger partial charge in [0, 0.05) is 28.3 Å². The maximum atomic E-state index is 13.5. The van der Waals surface area contributed by atoms with Crippen molar-refractivity contribution in [2.75, 3.05) is 13.2 Å². The molecule has 7 heteroatoms. The van der Waals surface area contributed by atoms with Crippen molar-refractivity contribution >= 4 is 62.6 Å². The number of carbonyl (C=O) groups excluding carboxylic acids is 2. The molecule has 5 nitrogen and oxygen atoms in total. The highest BCUT2D eigenvalue weighted by atomic mass is 127. The molecular weight excluding hydrogens is 632 g/mol. The fraction of sp³-hybridized carbons (Fsp3) is 0.200. The Morgan fingerprint density at radius 1 is 1.19 bits per heavy atom. The summed E-state index contributed by atoms with van der Waals surface area (Å²) in [5.74, 6) is -0.271. The molecule has 1 atom stereocenters. The first-order chi connectivity index (χ1) is 15.4. The highest BCUT2D eigenvalue weighted by Crippen LogP contribution is 2.47. The third-order valence-electron chi connectivity index (χ3n) is 5.44. The molecule has 0 radical (unpaired) electrons. The van der Waals surface area contributed by atoms with E-state index < -0.39 is 11.9 Å². The van der Waals surface area contributed by atoms with E-state index in [4.69, 9.17) is 9.47 Å². The average molecular weight is 653 g/mol. The molecule has 32 heavy (non-hydrogen) atoms. The molecule has 0 saturated heterocycles. The monoisotopic (exact) mass is 653 g/mol. The van der Waals surface area contributed by atoms with Gasteiger partial charge in [0.05, 0.1) is 25.0 Å². The summed E-state index contributed by atoms with van der Waals surface area (Å²) < 4.78 is 13.0. The van der Waals surface area contributed by atoms with Gasteiger partial charge in [-0.05, 0) is 76.7 Å². The number of Topliss-reactive ketones (excluding diaryl/α,β-unsaturated/α-hetero) is 1. The highest BCUT2D eigenvalue weighted by molar-refractivity contribution is 14.1. The van der Waals surface area contributed by atoms with Crippen LogP contribution in [0.15, 0.2) is 65.9 Å². The van der Waals surface area contributed by atoms with Crippen molar-refractivity contribution < 1.29 is 19.1 Å².